The quantitative estimate of drug-likeness (QED) is 0.768. The lowest BCUT2D eigenvalue weighted by Crippen LogP contribution is -1.99. The van der Waals surface area contributed by atoms with E-state index in [9.17, 15) is 0 Å². The molecule has 2 heteroatoms. The molecule has 0 fully saturated rings. The summed E-state index contributed by atoms with van der Waals surface area (Å²) in [5.41, 5.74) is 9.89. The van der Waals surface area contributed by atoms with Gasteiger partial charge in [0.25, 0.3) is 0 Å². The molecule has 0 aromatic heterocycles. The Morgan fingerprint density at radius 3 is 3.00 bits per heavy atom. The van der Waals surface area contributed by atoms with E-state index in [1.807, 2.05) is 0 Å². The lowest BCUT2D eigenvalue weighted by atomic mass is 10.0. The molecule has 0 heterocycles. The van der Waals surface area contributed by atoms with Crippen molar-refractivity contribution in [3.8, 4) is 0 Å². The topological polar surface area (TPSA) is 26.0 Å². The Bertz CT molecular complexity index is 369. The fraction of sp³-hybridized carbons (Fsp3) is 0.333. The number of hydrogen-bond donors (Lipinski definition) is 1. The van der Waals surface area contributed by atoms with Crippen LogP contribution in [0.1, 0.15) is 17.5 Å². The summed E-state index contributed by atoms with van der Waals surface area (Å²) in [4.78, 5) is 1.34. The van der Waals surface area contributed by atoms with Crippen molar-refractivity contribution in [3.05, 3.63) is 35.4 Å². The minimum absolute atomic E-state index is 0.745. The maximum absolute atomic E-state index is 5.59. The molecule has 0 saturated carbocycles. The smallest absolute Gasteiger partial charge is 0.00753 e. The van der Waals surface area contributed by atoms with E-state index in [4.69, 9.17) is 5.73 Å². The van der Waals surface area contributed by atoms with Gasteiger partial charge in [-0.1, -0.05) is 12.1 Å². The number of thioether (sulfide) groups is 1. The van der Waals surface area contributed by atoms with Crippen LogP contribution in [0.15, 0.2) is 29.2 Å². The maximum Gasteiger partial charge on any atom is 0.00753 e. The van der Waals surface area contributed by atoms with Gasteiger partial charge in [-0.05, 0) is 54.5 Å². The Morgan fingerprint density at radius 2 is 2.29 bits per heavy atom. The van der Waals surface area contributed by atoms with Crippen LogP contribution in [0.5, 0.6) is 0 Å². The first-order valence-corrected chi connectivity index (χ1v) is 6.14. The monoisotopic (exact) mass is 205 g/mol. The van der Waals surface area contributed by atoms with Crippen LogP contribution in [0.2, 0.25) is 0 Å². The van der Waals surface area contributed by atoms with Crippen molar-refractivity contribution in [2.75, 3.05) is 12.8 Å². The zero-order valence-corrected chi connectivity index (χ0v) is 9.23. The summed E-state index contributed by atoms with van der Waals surface area (Å²) in [6.45, 7) is 0.745. The first-order valence-electron chi connectivity index (χ1n) is 4.91. The number of allylic oxidation sites excluding steroid dienone is 1. The van der Waals surface area contributed by atoms with Gasteiger partial charge in [-0.15, -0.1) is 11.8 Å². The fourth-order valence-corrected chi connectivity index (χ4v) is 2.33. The van der Waals surface area contributed by atoms with Crippen molar-refractivity contribution in [1.82, 2.24) is 0 Å². The third kappa shape index (κ3) is 1.72. The SMILES string of the molecule is CSc1ccc2c(c1)C(CCN)=CC2. The van der Waals surface area contributed by atoms with Crippen molar-refractivity contribution in [3.63, 3.8) is 0 Å². The molecule has 1 aliphatic rings. The molecule has 1 aromatic carbocycles. The summed E-state index contributed by atoms with van der Waals surface area (Å²) in [5, 5.41) is 0. The summed E-state index contributed by atoms with van der Waals surface area (Å²) in [7, 11) is 0. The molecule has 0 atom stereocenters. The predicted molar refractivity (Wildman–Crippen MR) is 63.6 cm³/mol. The second kappa shape index (κ2) is 4.20. The standard InChI is InChI=1S/C12H15NS/c1-14-11-5-4-9-2-3-10(6-7-13)12(9)8-11/h3-5,8H,2,6-7,13H2,1H3. The van der Waals surface area contributed by atoms with Gasteiger partial charge in [0.2, 0.25) is 0 Å². The molecule has 2 N–H and O–H groups in total. The van der Waals surface area contributed by atoms with Crippen molar-refractivity contribution in [2.45, 2.75) is 17.7 Å². The molecule has 0 unspecified atom stereocenters. The van der Waals surface area contributed by atoms with Gasteiger partial charge in [-0.2, -0.15) is 0 Å². The zero-order valence-electron chi connectivity index (χ0n) is 8.42. The van der Waals surface area contributed by atoms with Gasteiger partial charge in [0.15, 0.2) is 0 Å². The van der Waals surface area contributed by atoms with E-state index < -0.39 is 0 Å². The highest BCUT2D eigenvalue weighted by molar-refractivity contribution is 7.98. The van der Waals surface area contributed by atoms with E-state index >= 15 is 0 Å². The van der Waals surface area contributed by atoms with Crippen molar-refractivity contribution in [2.24, 2.45) is 5.73 Å². The molecule has 0 spiro atoms. The van der Waals surface area contributed by atoms with Crippen LogP contribution in [0.3, 0.4) is 0 Å². The molecule has 1 aliphatic carbocycles. The van der Waals surface area contributed by atoms with E-state index in [0.717, 1.165) is 19.4 Å². The minimum atomic E-state index is 0.745. The minimum Gasteiger partial charge on any atom is -0.330 e. The van der Waals surface area contributed by atoms with Gasteiger partial charge >= 0.3 is 0 Å². The Labute approximate surface area is 89.4 Å². The third-order valence-corrected chi connectivity index (χ3v) is 3.37. The van der Waals surface area contributed by atoms with Crippen molar-refractivity contribution < 1.29 is 0 Å². The number of hydrogen-bond acceptors (Lipinski definition) is 2. The van der Waals surface area contributed by atoms with Crippen LogP contribution in [0, 0.1) is 0 Å². The average molecular weight is 205 g/mol. The van der Waals surface area contributed by atoms with Crippen LogP contribution in [0.4, 0.5) is 0 Å². The van der Waals surface area contributed by atoms with Crippen LogP contribution in [-0.4, -0.2) is 12.8 Å². The van der Waals surface area contributed by atoms with Crippen molar-refractivity contribution >= 4 is 17.3 Å². The highest BCUT2D eigenvalue weighted by atomic mass is 32.2. The van der Waals surface area contributed by atoms with Crippen molar-refractivity contribution in [1.29, 1.82) is 0 Å². The van der Waals surface area contributed by atoms with Crippen LogP contribution in [-0.2, 0) is 6.42 Å². The Kier molecular flexibility index (Phi) is 2.94. The molecule has 0 aliphatic heterocycles. The number of rotatable bonds is 3. The maximum atomic E-state index is 5.59. The highest BCUT2D eigenvalue weighted by Gasteiger charge is 2.13. The number of benzene rings is 1. The summed E-state index contributed by atoms with van der Waals surface area (Å²) in [6.07, 6.45) is 6.51. The van der Waals surface area contributed by atoms with E-state index in [2.05, 4.69) is 30.5 Å². The fourth-order valence-electron chi connectivity index (χ4n) is 1.89. The van der Waals surface area contributed by atoms with Crippen LogP contribution >= 0.6 is 11.8 Å². The molecule has 2 rings (SSSR count). The summed E-state index contributed by atoms with van der Waals surface area (Å²) < 4.78 is 0. The van der Waals surface area contributed by atoms with E-state index in [-0.39, 0.29) is 0 Å². The number of fused-ring (bicyclic) bond motifs is 1. The normalized spacial score (nSPS) is 14.0. The van der Waals surface area contributed by atoms with Crippen LogP contribution < -0.4 is 5.73 Å². The van der Waals surface area contributed by atoms with Gasteiger partial charge in [0.05, 0.1) is 0 Å². The molecule has 74 valence electrons. The molecular formula is C12H15NS. The second-order valence-corrected chi connectivity index (χ2v) is 4.37. The molecular weight excluding hydrogens is 190 g/mol. The molecule has 14 heavy (non-hydrogen) atoms. The second-order valence-electron chi connectivity index (χ2n) is 3.50. The Balaban J connectivity index is 2.33. The van der Waals surface area contributed by atoms with Gasteiger partial charge in [0, 0.05) is 4.90 Å². The summed E-state index contributed by atoms with van der Waals surface area (Å²) in [5.74, 6) is 0. The lowest BCUT2D eigenvalue weighted by molar-refractivity contribution is 1.02. The lowest BCUT2D eigenvalue weighted by Gasteiger charge is -2.06. The third-order valence-electron chi connectivity index (χ3n) is 2.65. The van der Waals surface area contributed by atoms with E-state index in [1.165, 1.54) is 21.6 Å². The first kappa shape index (κ1) is 9.81. The van der Waals surface area contributed by atoms with E-state index in [1.54, 1.807) is 11.8 Å². The summed E-state index contributed by atoms with van der Waals surface area (Å²) >= 11 is 1.80. The molecule has 0 saturated heterocycles. The van der Waals surface area contributed by atoms with Crippen LogP contribution in [0.25, 0.3) is 5.57 Å². The van der Waals surface area contributed by atoms with E-state index in [0.29, 0.717) is 0 Å². The molecule has 0 bridgehead atoms. The Morgan fingerprint density at radius 1 is 1.43 bits per heavy atom. The summed E-state index contributed by atoms with van der Waals surface area (Å²) in [6, 6.07) is 6.72. The average Bonchev–Trinajstić information content (AvgIpc) is 2.61. The van der Waals surface area contributed by atoms with Gasteiger partial charge in [-0.3, -0.25) is 0 Å². The molecule has 0 radical (unpaired) electrons. The van der Waals surface area contributed by atoms with Gasteiger partial charge in [-0.25, -0.2) is 0 Å². The number of nitrogens with two attached hydrogens (primary N) is 1. The molecule has 1 nitrogen and oxygen atoms in total. The highest BCUT2D eigenvalue weighted by Crippen LogP contribution is 2.32. The zero-order chi connectivity index (χ0) is 9.97. The predicted octanol–water partition coefficient (Wildman–Crippen LogP) is 2.70. The molecule has 0 amide bonds. The van der Waals surface area contributed by atoms with Gasteiger partial charge < -0.3 is 5.73 Å². The van der Waals surface area contributed by atoms with Gasteiger partial charge in [0.1, 0.15) is 0 Å². The Hall–Kier alpha value is -0.730. The largest absolute Gasteiger partial charge is 0.330 e. The first-order chi connectivity index (χ1) is 6.85. The molecule has 1 aromatic rings.